The minimum absolute atomic E-state index is 0.0425. The lowest BCUT2D eigenvalue weighted by molar-refractivity contribution is 0.0926. The van der Waals surface area contributed by atoms with E-state index in [0.717, 1.165) is 32.5 Å². The van der Waals surface area contributed by atoms with Crippen molar-refractivity contribution >= 4 is 11.7 Å². The maximum Gasteiger partial charge on any atom is 0.267 e. The number of Topliss-reactive ketones (excluding diaryl/α,β-unsaturated/α-hetero) is 1. The number of H-pyrrole nitrogens is 1. The fraction of sp³-hybridized carbons (Fsp3) is 0.400. The monoisotopic (exact) mass is 339 g/mol. The first-order valence-electron chi connectivity index (χ1n) is 8.85. The van der Waals surface area contributed by atoms with Crippen LogP contribution in [0.15, 0.2) is 42.6 Å². The first kappa shape index (κ1) is 17.4. The second-order valence-corrected chi connectivity index (χ2v) is 6.80. The van der Waals surface area contributed by atoms with Gasteiger partial charge in [-0.25, -0.2) is 0 Å². The quantitative estimate of drug-likeness (QED) is 0.796. The van der Waals surface area contributed by atoms with Crippen LogP contribution in [0.25, 0.3) is 0 Å². The van der Waals surface area contributed by atoms with Gasteiger partial charge in [-0.15, -0.1) is 0 Å². The van der Waals surface area contributed by atoms with Crippen molar-refractivity contribution in [2.24, 2.45) is 5.92 Å². The topological polar surface area (TPSA) is 65.2 Å². The van der Waals surface area contributed by atoms with Gasteiger partial charge in [0.1, 0.15) is 5.69 Å². The van der Waals surface area contributed by atoms with Crippen LogP contribution in [0.5, 0.6) is 0 Å². The SMILES string of the molecule is CC(=O)c1c[nH]c(C(=O)NC[C@@H]2CCCN(Cc3ccccc3)C2)c1. The van der Waals surface area contributed by atoms with E-state index in [1.54, 1.807) is 12.3 Å². The van der Waals surface area contributed by atoms with Gasteiger partial charge in [-0.2, -0.15) is 0 Å². The van der Waals surface area contributed by atoms with E-state index in [1.165, 1.54) is 12.5 Å². The van der Waals surface area contributed by atoms with E-state index in [9.17, 15) is 9.59 Å². The lowest BCUT2D eigenvalue weighted by atomic mass is 9.97. The van der Waals surface area contributed by atoms with Crippen LogP contribution in [0.3, 0.4) is 0 Å². The normalized spacial score (nSPS) is 18.0. The zero-order valence-corrected chi connectivity index (χ0v) is 14.6. The van der Waals surface area contributed by atoms with Gasteiger partial charge >= 0.3 is 0 Å². The Kier molecular flexibility index (Phi) is 5.66. The molecule has 5 nitrogen and oxygen atoms in total. The number of nitrogens with one attached hydrogen (secondary N) is 2. The molecule has 1 aliphatic heterocycles. The highest BCUT2D eigenvalue weighted by atomic mass is 16.2. The van der Waals surface area contributed by atoms with Crippen molar-refractivity contribution in [3.05, 3.63) is 59.4 Å². The predicted octanol–water partition coefficient (Wildman–Crippen LogP) is 2.86. The Labute approximate surface area is 148 Å². The molecule has 0 saturated carbocycles. The largest absolute Gasteiger partial charge is 0.356 e. The second kappa shape index (κ2) is 8.12. The average molecular weight is 339 g/mol. The van der Waals surface area contributed by atoms with E-state index >= 15 is 0 Å². The summed E-state index contributed by atoms with van der Waals surface area (Å²) in [6.45, 7) is 5.23. The number of likely N-dealkylation sites (tertiary alicyclic amines) is 1. The molecule has 25 heavy (non-hydrogen) atoms. The Bertz CT molecular complexity index is 724. The number of piperidine rings is 1. The number of amides is 1. The van der Waals surface area contributed by atoms with E-state index in [1.807, 2.05) is 6.07 Å². The van der Waals surface area contributed by atoms with Crippen LogP contribution in [-0.2, 0) is 6.54 Å². The van der Waals surface area contributed by atoms with Crippen molar-refractivity contribution in [2.75, 3.05) is 19.6 Å². The number of carbonyl (C=O) groups excluding carboxylic acids is 2. The Balaban J connectivity index is 1.49. The van der Waals surface area contributed by atoms with Crippen molar-refractivity contribution in [2.45, 2.75) is 26.3 Å². The van der Waals surface area contributed by atoms with Crippen LogP contribution in [-0.4, -0.2) is 41.2 Å². The van der Waals surface area contributed by atoms with Gasteiger partial charge in [0.2, 0.25) is 0 Å². The molecule has 0 spiro atoms. The molecule has 1 aliphatic rings. The summed E-state index contributed by atoms with van der Waals surface area (Å²) in [5.41, 5.74) is 2.31. The van der Waals surface area contributed by atoms with E-state index in [-0.39, 0.29) is 11.7 Å². The van der Waals surface area contributed by atoms with Crippen molar-refractivity contribution in [1.82, 2.24) is 15.2 Å². The van der Waals surface area contributed by atoms with Crippen LogP contribution < -0.4 is 5.32 Å². The molecule has 1 atom stereocenters. The number of benzene rings is 1. The zero-order valence-electron chi connectivity index (χ0n) is 14.6. The molecule has 2 heterocycles. The van der Waals surface area contributed by atoms with Gasteiger partial charge in [0.05, 0.1) is 0 Å². The zero-order chi connectivity index (χ0) is 17.6. The van der Waals surface area contributed by atoms with Crippen LogP contribution in [0.2, 0.25) is 0 Å². The lowest BCUT2D eigenvalue weighted by Crippen LogP contribution is -2.40. The minimum atomic E-state index is -0.146. The Morgan fingerprint density at radius 2 is 2.08 bits per heavy atom. The third kappa shape index (κ3) is 4.79. The highest BCUT2D eigenvalue weighted by molar-refractivity contribution is 5.99. The highest BCUT2D eigenvalue weighted by Crippen LogP contribution is 2.18. The molecular weight excluding hydrogens is 314 g/mol. The summed E-state index contributed by atoms with van der Waals surface area (Å²) in [5, 5.41) is 3.00. The molecule has 0 bridgehead atoms. The molecule has 132 valence electrons. The molecular formula is C20H25N3O2. The van der Waals surface area contributed by atoms with E-state index in [0.29, 0.717) is 23.7 Å². The van der Waals surface area contributed by atoms with Crippen molar-refractivity contribution in [3.63, 3.8) is 0 Å². The predicted molar refractivity (Wildman–Crippen MR) is 97.6 cm³/mol. The number of carbonyl (C=O) groups is 2. The summed E-state index contributed by atoms with van der Waals surface area (Å²) in [6.07, 6.45) is 3.87. The molecule has 0 unspecified atom stereocenters. The molecule has 2 aromatic rings. The standard InChI is InChI=1S/C20H25N3O2/c1-15(24)18-10-19(21-12-18)20(25)22-11-17-8-5-9-23(14-17)13-16-6-3-2-4-7-16/h2-4,6-7,10,12,17,21H,5,8-9,11,13-14H2,1H3,(H,22,25)/t17-/m0/s1. The van der Waals surface area contributed by atoms with Crippen LogP contribution in [0.1, 0.15) is 46.2 Å². The number of rotatable bonds is 6. The number of hydrogen-bond donors (Lipinski definition) is 2. The first-order valence-corrected chi connectivity index (χ1v) is 8.85. The number of hydrogen-bond acceptors (Lipinski definition) is 3. The molecule has 0 aliphatic carbocycles. The van der Waals surface area contributed by atoms with Crippen LogP contribution in [0.4, 0.5) is 0 Å². The summed E-state index contributed by atoms with van der Waals surface area (Å²) in [7, 11) is 0. The molecule has 3 rings (SSSR count). The summed E-state index contributed by atoms with van der Waals surface area (Å²) in [4.78, 5) is 28.9. The number of aromatic amines is 1. The third-order valence-electron chi connectivity index (χ3n) is 4.74. The van der Waals surface area contributed by atoms with E-state index in [4.69, 9.17) is 0 Å². The van der Waals surface area contributed by atoms with Crippen molar-refractivity contribution < 1.29 is 9.59 Å². The smallest absolute Gasteiger partial charge is 0.267 e. The molecule has 1 fully saturated rings. The second-order valence-electron chi connectivity index (χ2n) is 6.80. The van der Waals surface area contributed by atoms with Crippen LogP contribution in [0, 0.1) is 5.92 Å². The highest BCUT2D eigenvalue weighted by Gasteiger charge is 2.21. The Hall–Kier alpha value is -2.40. The molecule has 1 amide bonds. The maximum atomic E-state index is 12.2. The van der Waals surface area contributed by atoms with Gasteiger partial charge in [-0.3, -0.25) is 14.5 Å². The van der Waals surface area contributed by atoms with E-state index in [2.05, 4.69) is 39.5 Å². The van der Waals surface area contributed by atoms with Gasteiger partial charge < -0.3 is 10.3 Å². The fourth-order valence-electron chi connectivity index (χ4n) is 3.36. The molecule has 0 radical (unpaired) electrons. The third-order valence-corrected chi connectivity index (χ3v) is 4.74. The number of ketones is 1. The van der Waals surface area contributed by atoms with Crippen molar-refractivity contribution in [1.29, 1.82) is 0 Å². The van der Waals surface area contributed by atoms with Gasteiger partial charge in [0, 0.05) is 31.4 Å². The number of aromatic nitrogens is 1. The Morgan fingerprint density at radius 3 is 2.80 bits per heavy atom. The molecule has 2 N–H and O–H groups in total. The lowest BCUT2D eigenvalue weighted by Gasteiger charge is -2.32. The van der Waals surface area contributed by atoms with E-state index < -0.39 is 0 Å². The first-order chi connectivity index (χ1) is 12.1. The fourth-order valence-corrected chi connectivity index (χ4v) is 3.36. The van der Waals surface area contributed by atoms with Gasteiger partial charge in [0.15, 0.2) is 5.78 Å². The summed E-state index contributed by atoms with van der Waals surface area (Å²) in [6, 6.07) is 12.1. The molecule has 1 aromatic heterocycles. The average Bonchev–Trinajstić information content (AvgIpc) is 3.11. The summed E-state index contributed by atoms with van der Waals surface area (Å²) < 4.78 is 0. The number of nitrogens with zero attached hydrogens (tertiary/aromatic N) is 1. The molecule has 1 saturated heterocycles. The van der Waals surface area contributed by atoms with Gasteiger partial charge in [-0.05, 0) is 43.9 Å². The van der Waals surface area contributed by atoms with Crippen molar-refractivity contribution in [3.8, 4) is 0 Å². The molecule has 5 heteroatoms. The summed E-state index contributed by atoms with van der Waals surface area (Å²) in [5.74, 6) is 0.274. The summed E-state index contributed by atoms with van der Waals surface area (Å²) >= 11 is 0. The van der Waals surface area contributed by atoms with Gasteiger partial charge in [-0.1, -0.05) is 30.3 Å². The molecule has 1 aromatic carbocycles. The Morgan fingerprint density at radius 1 is 1.28 bits per heavy atom. The maximum absolute atomic E-state index is 12.2. The van der Waals surface area contributed by atoms with Crippen LogP contribution >= 0.6 is 0 Å². The minimum Gasteiger partial charge on any atom is -0.356 e. The van der Waals surface area contributed by atoms with Gasteiger partial charge in [0.25, 0.3) is 5.91 Å².